The highest BCUT2D eigenvalue weighted by molar-refractivity contribution is 5.84. The maximum Gasteiger partial charge on any atom is 0.241 e. The fourth-order valence-electron chi connectivity index (χ4n) is 2.92. The molecule has 3 unspecified atom stereocenters. The van der Waals surface area contributed by atoms with Crippen LogP contribution in [0.5, 0.6) is 0 Å². The van der Waals surface area contributed by atoms with Crippen LogP contribution in [0.3, 0.4) is 0 Å². The maximum absolute atomic E-state index is 12.4. The first-order valence-electron chi connectivity index (χ1n) is 7.12. The Morgan fingerprint density at radius 2 is 2.00 bits per heavy atom. The van der Waals surface area contributed by atoms with Gasteiger partial charge in [0.2, 0.25) is 5.91 Å². The first-order chi connectivity index (χ1) is 8.04. The van der Waals surface area contributed by atoms with Gasteiger partial charge in [-0.2, -0.15) is 0 Å². The van der Waals surface area contributed by atoms with E-state index in [1.165, 1.54) is 19.3 Å². The van der Waals surface area contributed by atoms with Gasteiger partial charge in [0.25, 0.3) is 0 Å². The minimum Gasteiger partial charge on any atom is -0.323 e. The summed E-state index contributed by atoms with van der Waals surface area (Å²) >= 11 is 0. The Morgan fingerprint density at radius 3 is 2.47 bits per heavy atom. The summed E-state index contributed by atoms with van der Waals surface area (Å²) in [6, 6.07) is 0.440. The molecule has 0 bridgehead atoms. The normalized spacial score (nSPS) is 31.4. The average Bonchev–Trinajstić information content (AvgIpc) is 3.00. The van der Waals surface area contributed by atoms with Gasteiger partial charge in [0.1, 0.15) is 0 Å². The number of hydrogen-bond acceptors (Lipinski definition) is 2. The molecule has 1 N–H and O–H groups in total. The minimum atomic E-state index is 0.0454. The van der Waals surface area contributed by atoms with Crippen molar-refractivity contribution in [3.05, 3.63) is 0 Å². The molecule has 1 saturated heterocycles. The van der Waals surface area contributed by atoms with Gasteiger partial charge in [-0.05, 0) is 31.6 Å². The smallest absolute Gasteiger partial charge is 0.241 e. The molecule has 2 aliphatic rings. The third-order valence-corrected chi connectivity index (χ3v) is 4.11. The van der Waals surface area contributed by atoms with Gasteiger partial charge < -0.3 is 4.90 Å². The van der Waals surface area contributed by atoms with Gasteiger partial charge in [0.05, 0.1) is 12.2 Å². The Labute approximate surface area is 105 Å². The Balaban J connectivity index is 2.06. The SMILES string of the molecule is CCC1NC(C(C)C)N(C(C)CC2CC2)C1=O. The Bertz CT molecular complexity index is 286. The molecule has 3 atom stereocenters. The van der Waals surface area contributed by atoms with Crippen molar-refractivity contribution in [2.75, 3.05) is 0 Å². The number of rotatable bonds is 5. The summed E-state index contributed by atoms with van der Waals surface area (Å²) in [5, 5.41) is 3.49. The fraction of sp³-hybridized carbons (Fsp3) is 0.929. The lowest BCUT2D eigenvalue weighted by molar-refractivity contribution is -0.132. The zero-order valence-corrected chi connectivity index (χ0v) is 11.6. The summed E-state index contributed by atoms with van der Waals surface area (Å²) < 4.78 is 0. The summed E-state index contributed by atoms with van der Waals surface area (Å²) in [5.74, 6) is 1.68. The van der Waals surface area contributed by atoms with Gasteiger partial charge in [-0.1, -0.05) is 33.6 Å². The molecule has 0 radical (unpaired) electrons. The Hall–Kier alpha value is -0.570. The van der Waals surface area contributed by atoms with Crippen LogP contribution in [0.15, 0.2) is 0 Å². The maximum atomic E-state index is 12.4. The Kier molecular flexibility index (Phi) is 3.76. The predicted octanol–water partition coefficient (Wildman–Crippen LogP) is 2.37. The molecule has 1 saturated carbocycles. The van der Waals surface area contributed by atoms with E-state index in [0.29, 0.717) is 17.9 Å². The van der Waals surface area contributed by atoms with Gasteiger partial charge in [0.15, 0.2) is 0 Å². The molecule has 17 heavy (non-hydrogen) atoms. The minimum absolute atomic E-state index is 0.0454. The fourth-order valence-corrected chi connectivity index (χ4v) is 2.92. The van der Waals surface area contributed by atoms with Gasteiger partial charge in [-0.3, -0.25) is 10.1 Å². The number of hydrogen-bond donors (Lipinski definition) is 1. The van der Waals surface area contributed by atoms with Crippen molar-refractivity contribution in [2.45, 2.75) is 71.6 Å². The van der Waals surface area contributed by atoms with Crippen molar-refractivity contribution >= 4 is 5.91 Å². The molecule has 98 valence electrons. The topological polar surface area (TPSA) is 32.3 Å². The van der Waals surface area contributed by atoms with Crippen LogP contribution >= 0.6 is 0 Å². The second-order valence-corrected chi connectivity index (χ2v) is 6.09. The summed E-state index contributed by atoms with van der Waals surface area (Å²) in [7, 11) is 0. The van der Waals surface area contributed by atoms with Crippen LogP contribution in [0.2, 0.25) is 0 Å². The van der Waals surface area contributed by atoms with Crippen molar-refractivity contribution in [2.24, 2.45) is 11.8 Å². The van der Waals surface area contributed by atoms with E-state index in [-0.39, 0.29) is 12.2 Å². The highest BCUT2D eigenvalue weighted by atomic mass is 16.2. The molecule has 1 heterocycles. The van der Waals surface area contributed by atoms with Crippen molar-refractivity contribution in [3.8, 4) is 0 Å². The van der Waals surface area contributed by atoms with Crippen molar-refractivity contribution in [1.29, 1.82) is 0 Å². The zero-order valence-electron chi connectivity index (χ0n) is 11.6. The van der Waals surface area contributed by atoms with Gasteiger partial charge >= 0.3 is 0 Å². The number of nitrogens with zero attached hydrogens (tertiary/aromatic N) is 1. The number of carbonyl (C=O) groups is 1. The second kappa shape index (κ2) is 4.97. The van der Waals surface area contributed by atoms with Crippen molar-refractivity contribution < 1.29 is 4.79 Å². The predicted molar refractivity (Wildman–Crippen MR) is 69.5 cm³/mol. The molecule has 3 nitrogen and oxygen atoms in total. The van der Waals surface area contributed by atoms with Crippen LogP contribution in [0, 0.1) is 11.8 Å². The van der Waals surface area contributed by atoms with Crippen LogP contribution in [0.4, 0.5) is 0 Å². The second-order valence-electron chi connectivity index (χ2n) is 6.09. The molecule has 0 aromatic heterocycles. The lowest BCUT2D eigenvalue weighted by Gasteiger charge is -2.32. The van der Waals surface area contributed by atoms with Gasteiger partial charge in [-0.15, -0.1) is 0 Å². The lowest BCUT2D eigenvalue weighted by atomic mass is 10.1. The van der Waals surface area contributed by atoms with E-state index in [1.807, 2.05) is 0 Å². The molecule has 1 aliphatic heterocycles. The van der Waals surface area contributed by atoms with Crippen LogP contribution in [-0.2, 0) is 4.79 Å². The molecule has 0 aromatic rings. The Morgan fingerprint density at radius 1 is 1.35 bits per heavy atom. The van der Waals surface area contributed by atoms with Crippen LogP contribution in [0.1, 0.15) is 53.4 Å². The largest absolute Gasteiger partial charge is 0.323 e. The van der Waals surface area contributed by atoms with Crippen molar-refractivity contribution in [3.63, 3.8) is 0 Å². The average molecular weight is 238 g/mol. The van der Waals surface area contributed by atoms with E-state index in [0.717, 1.165) is 12.3 Å². The van der Waals surface area contributed by atoms with Gasteiger partial charge in [0, 0.05) is 6.04 Å². The third kappa shape index (κ3) is 2.65. The first kappa shape index (κ1) is 12.9. The number of amides is 1. The quantitative estimate of drug-likeness (QED) is 0.797. The molecule has 1 aliphatic carbocycles. The lowest BCUT2D eigenvalue weighted by Crippen LogP contribution is -2.46. The highest BCUT2D eigenvalue weighted by Crippen LogP contribution is 2.36. The first-order valence-corrected chi connectivity index (χ1v) is 7.12. The molecule has 1 amide bonds. The third-order valence-electron chi connectivity index (χ3n) is 4.11. The zero-order chi connectivity index (χ0) is 12.6. The highest BCUT2D eigenvalue weighted by Gasteiger charge is 2.42. The summed E-state index contributed by atoms with van der Waals surface area (Å²) in [6.07, 6.45) is 5.05. The molecule has 0 aromatic carbocycles. The molecular formula is C14H26N2O. The molecule has 3 heteroatoms. The van der Waals surface area contributed by atoms with Crippen LogP contribution in [0.25, 0.3) is 0 Å². The summed E-state index contributed by atoms with van der Waals surface area (Å²) in [6.45, 7) is 8.69. The van der Waals surface area contributed by atoms with E-state index in [2.05, 4.69) is 37.9 Å². The standard InChI is InChI=1S/C14H26N2O/c1-5-12-14(17)16(13(15-12)9(2)3)10(4)8-11-6-7-11/h9-13,15H,5-8H2,1-4H3. The van der Waals surface area contributed by atoms with E-state index in [1.54, 1.807) is 0 Å². The van der Waals surface area contributed by atoms with E-state index in [4.69, 9.17) is 0 Å². The number of carbonyl (C=O) groups excluding carboxylic acids is 1. The molecule has 2 rings (SSSR count). The monoisotopic (exact) mass is 238 g/mol. The van der Waals surface area contributed by atoms with E-state index in [9.17, 15) is 4.79 Å². The molecule has 0 spiro atoms. The van der Waals surface area contributed by atoms with E-state index >= 15 is 0 Å². The summed E-state index contributed by atoms with van der Waals surface area (Å²) in [4.78, 5) is 14.5. The summed E-state index contributed by atoms with van der Waals surface area (Å²) in [5.41, 5.74) is 0. The molecule has 2 fully saturated rings. The van der Waals surface area contributed by atoms with Crippen molar-refractivity contribution in [1.82, 2.24) is 10.2 Å². The number of nitrogens with one attached hydrogen (secondary N) is 1. The van der Waals surface area contributed by atoms with Crippen LogP contribution in [-0.4, -0.2) is 29.1 Å². The van der Waals surface area contributed by atoms with E-state index < -0.39 is 0 Å². The van der Waals surface area contributed by atoms with Gasteiger partial charge in [-0.25, -0.2) is 0 Å². The van der Waals surface area contributed by atoms with Crippen LogP contribution < -0.4 is 5.32 Å². The molecular weight excluding hydrogens is 212 g/mol.